The van der Waals surface area contributed by atoms with Gasteiger partial charge in [-0.25, -0.2) is 0 Å². The number of nitriles is 1. The first kappa shape index (κ1) is 9.81. The molecular weight excluding hydrogens is 256 g/mol. The first-order chi connectivity index (χ1) is 7.20. The predicted molar refractivity (Wildman–Crippen MR) is 61.0 cm³/mol. The molecule has 0 aliphatic heterocycles. The van der Waals surface area contributed by atoms with E-state index in [-0.39, 0.29) is 0 Å². The molecule has 2 rings (SSSR count). The smallest absolute Gasteiger partial charge is 0.169 e. The standard InChI is InChI=1S/C11H7BrN2O/c12-11-4-3-10(15-11)8-2-1-7(6-13)5-9(8)14/h1-5H,14H2. The lowest BCUT2D eigenvalue weighted by Gasteiger charge is -2.01. The lowest BCUT2D eigenvalue weighted by molar-refractivity contribution is 0.556. The second-order valence-electron chi connectivity index (χ2n) is 3.02. The maximum absolute atomic E-state index is 8.69. The molecule has 1 heterocycles. The van der Waals surface area contributed by atoms with E-state index in [9.17, 15) is 0 Å². The van der Waals surface area contributed by atoms with Gasteiger partial charge in [-0.2, -0.15) is 5.26 Å². The first-order valence-corrected chi connectivity index (χ1v) is 5.05. The lowest BCUT2D eigenvalue weighted by Crippen LogP contribution is -1.90. The summed E-state index contributed by atoms with van der Waals surface area (Å²) in [7, 11) is 0. The second kappa shape index (κ2) is 3.79. The van der Waals surface area contributed by atoms with Gasteiger partial charge in [-0.1, -0.05) is 0 Å². The third-order valence-electron chi connectivity index (χ3n) is 2.02. The van der Waals surface area contributed by atoms with Crippen LogP contribution in [0.15, 0.2) is 39.4 Å². The van der Waals surface area contributed by atoms with Crippen LogP contribution in [0.2, 0.25) is 0 Å². The molecule has 0 saturated carbocycles. The monoisotopic (exact) mass is 262 g/mol. The SMILES string of the molecule is N#Cc1ccc(-c2ccc(Br)o2)c(N)c1. The second-order valence-corrected chi connectivity index (χ2v) is 3.80. The van der Waals surface area contributed by atoms with Gasteiger partial charge in [-0.3, -0.25) is 0 Å². The summed E-state index contributed by atoms with van der Waals surface area (Å²) < 4.78 is 6.03. The largest absolute Gasteiger partial charge is 0.449 e. The Hall–Kier alpha value is -1.73. The molecule has 0 fully saturated rings. The van der Waals surface area contributed by atoms with E-state index in [0.29, 0.717) is 21.7 Å². The minimum atomic E-state index is 0.538. The van der Waals surface area contributed by atoms with Crippen LogP contribution in [0.4, 0.5) is 5.69 Å². The van der Waals surface area contributed by atoms with E-state index < -0.39 is 0 Å². The molecule has 0 atom stereocenters. The Bertz CT molecular complexity index is 540. The Morgan fingerprint density at radius 2 is 2.07 bits per heavy atom. The molecule has 0 bridgehead atoms. The highest BCUT2D eigenvalue weighted by Gasteiger charge is 2.07. The van der Waals surface area contributed by atoms with Crippen molar-refractivity contribution in [3.63, 3.8) is 0 Å². The Kier molecular flexibility index (Phi) is 2.48. The third-order valence-corrected chi connectivity index (χ3v) is 2.45. The molecule has 0 aliphatic carbocycles. The van der Waals surface area contributed by atoms with Crippen LogP contribution in [0.1, 0.15) is 5.56 Å². The number of hydrogen-bond donors (Lipinski definition) is 1. The maximum atomic E-state index is 8.69. The fourth-order valence-corrected chi connectivity index (χ4v) is 1.62. The van der Waals surface area contributed by atoms with Crippen LogP contribution in [0, 0.1) is 11.3 Å². The fourth-order valence-electron chi connectivity index (χ4n) is 1.32. The summed E-state index contributed by atoms with van der Waals surface area (Å²) in [5.41, 5.74) is 7.68. The van der Waals surface area contributed by atoms with Crippen LogP contribution in [-0.2, 0) is 0 Å². The zero-order chi connectivity index (χ0) is 10.8. The minimum absolute atomic E-state index is 0.538. The molecule has 0 radical (unpaired) electrons. The van der Waals surface area contributed by atoms with E-state index in [0.717, 1.165) is 5.56 Å². The van der Waals surface area contributed by atoms with E-state index in [2.05, 4.69) is 15.9 Å². The third kappa shape index (κ3) is 1.88. The van der Waals surface area contributed by atoms with Crippen molar-refractivity contribution in [3.8, 4) is 17.4 Å². The average molecular weight is 263 g/mol. The highest BCUT2D eigenvalue weighted by molar-refractivity contribution is 9.10. The molecule has 1 aromatic carbocycles. The van der Waals surface area contributed by atoms with Crippen molar-refractivity contribution >= 4 is 21.6 Å². The first-order valence-electron chi connectivity index (χ1n) is 4.26. The zero-order valence-corrected chi connectivity index (χ0v) is 9.28. The van der Waals surface area contributed by atoms with E-state index in [1.165, 1.54) is 0 Å². The van der Waals surface area contributed by atoms with Crippen molar-refractivity contribution in [1.82, 2.24) is 0 Å². The molecule has 15 heavy (non-hydrogen) atoms. The molecule has 0 spiro atoms. The van der Waals surface area contributed by atoms with Crippen molar-refractivity contribution in [3.05, 3.63) is 40.6 Å². The number of furan rings is 1. The number of nitrogen functional groups attached to an aromatic ring is 1. The summed E-state index contributed by atoms with van der Waals surface area (Å²) in [5, 5.41) is 8.69. The van der Waals surface area contributed by atoms with Crippen LogP contribution < -0.4 is 5.73 Å². The maximum Gasteiger partial charge on any atom is 0.169 e. The van der Waals surface area contributed by atoms with Crippen LogP contribution in [0.3, 0.4) is 0 Å². The van der Waals surface area contributed by atoms with Crippen molar-refractivity contribution in [1.29, 1.82) is 5.26 Å². The molecule has 4 heteroatoms. The van der Waals surface area contributed by atoms with E-state index in [1.54, 1.807) is 24.3 Å². The van der Waals surface area contributed by atoms with Gasteiger partial charge in [0.15, 0.2) is 4.67 Å². The molecule has 2 N–H and O–H groups in total. The number of halogens is 1. The summed E-state index contributed by atoms with van der Waals surface area (Å²) in [6.45, 7) is 0. The van der Waals surface area contributed by atoms with Gasteiger partial charge in [0.25, 0.3) is 0 Å². The molecule has 0 saturated heterocycles. The summed E-state index contributed by atoms with van der Waals surface area (Å²) in [6, 6.07) is 10.8. The Morgan fingerprint density at radius 1 is 1.27 bits per heavy atom. The topological polar surface area (TPSA) is 63.0 Å². The van der Waals surface area contributed by atoms with Gasteiger partial charge in [-0.05, 0) is 46.3 Å². The number of rotatable bonds is 1. The van der Waals surface area contributed by atoms with Crippen molar-refractivity contribution in [2.45, 2.75) is 0 Å². The number of anilines is 1. The molecular formula is C11H7BrN2O. The predicted octanol–water partition coefficient (Wildman–Crippen LogP) is 3.16. The van der Waals surface area contributed by atoms with Gasteiger partial charge >= 0.3 is 0 Å². The summed E-state index contributed by atoms with van der Waals surface area (Å²) in [4.78, 5) is 0. The van der Waals surface area contributed by atoms with Crippen LogP contribution in [0.25, 0.3) is 11.3 Å². The minimum Gasteiger partial charge on any atom is -0.449 e. The molecule has 0 amide bonds. The van der Waals surface area contributed by atoms with Gasteiger partial charge in [0.05, 0.1) is 11.6 Å². The van der Waals surface area contributed by atoms with Crippen LogP contribution in [0.5, 0.6) is 0 Å². The molecule has 1 aromatic heterocycles. The molecule has 2 aromatic rings. The Morgan fingerprint density at radius 3 is 2.60 bits per heavy atom. The van der Waals surface area contributed by atoms with Crippen molar-refractivity contribution in [2.24, 2.45) is 0 Å². The number of hydrogen-bond acceptors (Lipinski definition) is 3. The van der Waals surface area contributed by atoms with Crippen LogP contribution in [-0.4, -0.2) is 0 Å². The molecule has 0 aliphatic rings. The highest BCUT2D eigenvalue weighted by Crippen LogP contribution is 2.29. The van der Waals surface area contributed by atoms with Gasteiger partial charge in [0.2, 0.25) is 0 Å². The van der Waals surface area contributed by atoms with E-state index >= 15 is 0 Å². The van der Waals surface area contributed by atoms with Gasteiger partial charge in [0, 0.05) is 11.3 Å². The van der Waals surface area contributed by atoms with Gasteiger partial charge < -0.3 is 10.2 Å². The molecule has 3 nitrogen and oxygen atoms in total. The van der Waals surface area contributed by atoms with Crippen molar-refractivity contribution < 1.29 is 4.42 Å². The lowest BCUT2D eigenvalue weighted by atomic mass is 10.1. The van der Waals surface area contributed by atoms with Crippen LogP contribution >= 0.6 is 15.9 Å². The normalized spacial score (nSPS) is 9.87. The highest BCUT2D eigenvalue weighted by atomic mass is 79.9. The Labute approximate surface area is 95.2 Å². The van der Waals surface area contributed by atoms with E-state index in [4.69, 9.17) is 15.4 Å². The quantitative estimate of drug-likeness (QED) is 0.803. The molecule has 0 unspecified atom stereocenters. The summed E-state index contributed by atoms with van der Waals surface area (Å²) in [5.74, 6) is 0.684. The average Bonchev–Trinajstić information content (AvgIpc) is 2.64. The van der Waals surface area contributed by atoms with E-state index in [1.807, 2.05) is 12.1 Å². The number of nitrogens with two attached hydrogens (primary N) is 1. The number of benzene rings is 1. The van der Waals surface area contributed by atoms with Crippen molar-refractivity contribution in [2.75, 3.05) is 5.73 Å². The van der Waals surface area contributed by atoms with Gasteiger partial charge in [-0.15, -0.1) is 0 Å². The zero-order valence-electron chi connectivity index (χ0n) is 7.70. The fraction of sp³-hybridized carbons (Fsp3) is 0. The number of nitrogens with zero attached hydrogens (tertiary/aromatic N) is 1. The summed E-state index contributed by atoms with van der Waals surface area (Å²) in [6.07, 6.45) is 0. The molecule has 74 valence electrons. The summed E-state index contributed by atoms with van der Waals surface area (Å²) >= 11 is 3.22. The van der Waals surface area contributed by atoms with Gasteiger partial charge in [0.1, 0.15) is 5.76 Å². The Balaban J connectivity index is 2.51.